The molecular weight excluding hydrogens is 532 g/mol. The first-order valence-electron chi connectivity index (χ1n) is 13.0. The van der Waals surface area contributed by atoms with Gasteiger partial charge in [0.2, 0.25) is 0 Å². The molecule has 0 heterocycles. The van der Waals surface area contributed by atoms with Gasteiger partial charge in [0.1, 0.15) is 5.84 Å². The van der Waals surface area contributed by atoms with E-state index in [0.717, 1.165) is 22.1 Å². The number of hydrogen-bond donors (Lipinski definition) is 7. The van der Waals surface area contributed by atoms with E-state index in [1.807, 2.05) is 62.5 Å². The number of carbonyl (C=O) groups is 2. The Bertz CT molecular complexity index is 1580. The molecule has 0 aliphatic heterocycles. The second-order valence-corrected chi connectivity index (χ2v) is 9.43. The predicted molar refractivity (Wildman–Crippen MR) is 168 cm³/mol. The van der Waals surface area contributed by atoms with Crippen molar-refractivity contribution in [3.8, 4) is 11.1 Å². The van der Waals surface area contributed by atoms with Gasteiger partial charge in [0.25, 0.3) is 5.91 Å². The van der Waals surface area contributed by atoms with Gasteiger partial charge in [-0.3, -0.25) is 10.6 Å². The Morgan fingerprint density at radius 2 is 1.52 bits per heavy atom. The molecule has 0 unspecified atom stereocenters. The molecule has 11 N–H and O–H groups in total. The minimum absolute atomic E-state index is 0.151. The molecular formula is C31H36N8O3. The van der Waals surface area contributed by atoms with E-state index in [0.29, 0.717) is 41.1 Å². The van der Waals surface area contributed by atoms with E-state index in [4.69, 9.17) is 23.2 Å². The molecule has 0 aliphatic carbocycles. The number of nitrogens with two attached hydrogens (primary N) is 4. The highest BCUT2D eigenvalue weighted by Crippen LogP contribution is 2.28. The number of amidine groups is 1. The third-order valence-corrected chi connectivity index (χ3v) is 6.21. The molecule has 0 saturated carbocycles. The highest BCUT2D eigenvalue weighted by Gasteiger charge is 2.14. The Kier molecular flexibility index (Phi) is 11.1. The largest absolute Gasteiger partial charge is 0.478 e. The van der Waals surface area contributed by atoms with E-state index >= 15 is 0 Å². The number of allylic oxidation sites excluding steroid dienone is 1. The number of aromatic carboxylic acids is 1. The first kappa shape index (κ1) is 31.3. The van der Waals surface area contributed by atoms with Crippen LogP contribution in [0.2, 0.25) is 0 Å². The Labute approximate surface area is 244 Å². The van der Waals surface area contributed by atoms with Crippen LogP contribution in [0.3, 0.4) is 0 Å². The normalized spacial score (nSPS) is 11.5. The van der Waals surface area contributed by atoms with Crippen molar-refractivity contribution in [2.45, 2.75) is 19.9 Å². The number of fused-ring (bicyclic) bond motifs is 1. The topological polar surface area (TPSA) is 198 Å². The van der Waals surface area contributed by atoms with Crippen LogP contribution in [0.1, 0.15) is 39.6 Å². The second-order valence-electron chi connectivity index (χ2n) is 9.43. The summed E-state index contributed by atoms with van der Waals surface area (Å²) in [5, 5.41) is 18.8. The lowest BCUT2D eigenvalue weighted by atomic mass is 10.0. The van der Waals surface area contributed by atoms with Crippen LogP contribution >= 0.6 is 0 Å². The fraction of sp³-hybridized carbons (Fsp3) is 0.129. The van der Waals surface area contributed by atoms with Crippen molar-refractivity contribution < 1.29 is 14.7 Å². The molecule has 4 aromatic rings. The van der Waals surface area contributed by atoms with Crippen molar-refractivity contribution in [1.82, 2.24) is 10.5 Å². The summed E-state index contributed by atoms with van der Waals surface area (Å²) in [5.74, 6) is 9.60. The van der Waals surface area contributed by atoms with Crippen LogP contribution in [0.4, 0.5) is 5.69 Å². The van der Waals surface area contributed by atoms with E-state index < -0.39 is 5.97 Å². The molecule has 0 saturated heterocycles. The maximum absolute atomic E-state index is 12.9. The number of hydrazine groups is 2. The molecule has 0 bridgehead atoms. The molecule has 42 heavy (non-hydrogen) atoms. The monoisotopic (exact) mass is 568 g/mol. The average Bonchev–Trinajstić information content (AvgIpc) is 2.97. The smallest absolute Gasteiger partial charge is 0.336 e. The zero-order valence-electron chi connectivity index (χ0n) is 23.5. The van der Waals surface area contributed by atoms with Crippen molar-refractivity contribution in [2.75, 3.05) is 12.4 Å². The number of benzene rings is 4. The summed E-state index contributed by atoms with van der Waals surface area (Å²) in [5.41, 5.74) is 17.8. The van der Waals surface area contributed by atoms with E-state index in [1.165, 1.54) is 6.07 Å². The quantitative estimate of drug-likeness (QED) is 0.0680. The van der Waals surface area contributed by atoms with E-state index in [2.05, 4.69) is 16.0 Å². The van der Waals surface area contributed by atoms with Gasteiger partial charge in [-0.15, -0.1) is 0 Å². The van der Waals surface area contributed by atoms with Crippen molar-refractivity contribution in [3.63, 3.8) is 0 Å². The van der Waals surface area contributed by atoms with Gasteiger partial charge in [-0.1, -0.05) is 66.7 Å². The van der Waals surface area contributed by atoms with Crippen LogP contribution in [0.25, 0.3) is 21.9 Å². The van der Waals surface area contributed by atoms with Gasteiger partial charge >= 0.3 is 5.97 Å². The van der Waals surface area contributed by atoms with Gasteiger partial charge in [-0.05, 0) is 53.3 Å². The first-order valence-corrected chi connectivity index (χ1v) is 13.0. The zero-order chi connectivity index (χ0) is 30.6. The lowest BCUT2D eigenvalue weighted by molar-refractivity contribution is 0.0698. The number of rotatable bonds is 9. The van der Waals surface area contributed by atoms with Gasteiger partial charge in [-0.25, -0.2) is 21.2 Å². The molecule has 0 atom stereocenters. The third kappa shape index (κ3) is 8.63. The Morgan fingerprint density at radius 1 is 0.929 bits per heavy atom. The number of amides is 1. The predicted octanol–water partition coefficient (Wildman–Crippen LogP) is 3.74. The van der Waals surface area contributed by atoms with Gasteiger partial charge in [-0.2, -0.15) is 5.10 Å². The SMILES string of the molecule is CC=C(N)C/C(N)=N/NN.CN(N)Cc1ccc(-c2ccc(C(=O)Nc3cccc4cccc(C(=O)O)c34)cc2)cc1. The van der Waals surface area contributed by atoms with Crippen molar-refractivity contribution >= 4 is 34.2 Å². The molecule has 1 amide bonds. The van der Waals surface area contributed by atoms with Crippen LogP contribution in [0.15, 0.2) is 102 Å². The number of hydrazone groups is 1. The van der Waals surface area contributed by atoms with Crippen molar-refractivity contribution in [3.05, 3.63) is 113 Å². The van der Waals surface area contributed by atoms with E-state index in [-0.39, 0.29) is 11.5 Å². The van der Waals surface area contributed by atoms with Gasteiger partial charge < -0.3 is 21.9 Å². The summed E-state index contributed by atoms with van der Waals surface area (Å²) in [7, 11) is 1.82. The van der Waals surface area contributed by atoms with Crippen molar-refractivity contribution in [1.29, 1.82) is 0 Å². The number of anilines is 1. The summed E-state index contributed by atoms with van der Waals surface area (Å²) in [6.45, 7) is 2.50. The maximum Gasteiger partial charge on any atom is 0.336 e. The van der Waals surface area contributed by atoms with E-state index in [1.54, 1.807) is 41.4 Å². The molecule has 4 aromatic carbocycles. The highest BCUT2D eigenvalue weighted by atomic mass is 16.4. The number of hydrogen-bond acceptors (Lipinski definition) is 8. The minimum Gasteiger partial charge on any atom is -0.478 e. The van der Waals surface area contributed by atoms with E-state index in [9.17, 15) is 14.7 Å². The molecule has 4 rings (SSSR count). The van der Waals surface area contributed by atoms with Crippen LogP contribution in [0, 0.1) is 0 Å². The molecule has 11 heteroatoms. The average molecular weight is 569 g/mol. The first-order chi connectivity index (χ1) is 20.1. The summed E-state index contributed by atoms with van der Waals surface area (Å²) < 4.78 is 0. The fourth-order valence-corrected chi connectivity index (χ4v) is 4.16. The standard InChI is InChI=1S/C26H23N3O3.C5H13N5/c1-29(27)16-17-8-10-18(11-9-17)19-12-14-21(15-13-19)25(30)28-23-7-3-5-20-4-2-6-22(24(20)23)26(31)32;1-2-4(6)3-5(7)9-10-8/h2-15H,16,27H2,1H3,(H,28,30)(H,31,32);2,10H,3,6,8H2,1H3,(H2,7,9). The molecule has 0 radical (unpaired) electrons. The molecule has 0 aliphatic rings. The fourth-order valence-electron chi connectivity index (χ4n) is 4.16. The summed E-state index contributed by atoms with van der Waals surface area (Å²) in [4.78, 5) is 24.5. The number of carboxylic acid groups (broad SMARTS) is 1. The van der Waals surface area contributed by atoms with Gasteiger partial charge in [0.15, 0.2) is 0 Å². The molecule has 218 valence electrons. The Morgan fingerprint density at radius 3 is 2.07 bits per heavy atom. The van der Waals surface area contributed by atoms with Crippen LogP contribution in [-0.4, -0.2) is 34.9 Å². The summed E-state index contributed by atoms with van der Waals surface area (Å²) in [6, 6.07) is 25.8. The Balaban J connectivity index is 0.000000416. The highest BCUT2D eigenvalue weighted by molar-refractivity contribution is 6.14. The lowest BCUT2D eigenvalue weighted by Crippen LogP contribution is -2.24. The Hall–Kier alpha value is -5.23. The number of carbonyl (C=O) groups excluding carboxylic acids is 1. The molecule has 0 spiro atoms. The molecule has 11 nitrogen and oxygen atoms in total. The minimum atomic E-state index is -1.04. The number of nitrogens with zero attached hydrogens (tertiary/aromatic N) is 2. The summed E-state index contributed by atoms with van der Waals surface area (Å²) >= 11 is 0. The van der Waals surface area contributed by atoms with Gasteiger partial charge in [0, 0.05) is 42.3 Å². The lowest BCUT2D eigenvalue weighted by Gasteiger charge is -2.12. The summed E-state index contributed by atoms with van der Waals surface area (Å²) in [6.07, 6.45) is 2.21. The second kappa shape index (κ2) is 15.0. The van der Waals surface area contributed by atoms with Crippen LogP contribution in [-0.2, 0) is 6.54 Å². The zero-order valence-corrected chi connectivity index (χ0v) is 23.5. The number of nitrogens with one attached hydrogen (secondary N) is 2. The molecule has 0 fully saturated rings. The van der Waals surface area contributed by atoms with Gasteiger partial charge in [0.05, 0.1) is 5.56 Å². The molecule has 0 aromatic heterocycles. The van der Waals surface area contributed by atoms with Crippen LogP contribution < -0.4 is 34.0 Å². The third-order valence-electron chi connectivity index (χ3n) is 6.21. The van der Waals surface area contributed by atoms with Crippen molar-refractivity contribution in [2.24, 2.45) is 28.3 Å². The van der Waals surface area contributed by atoms with Crippen LogP contribution in [0.5, 0.6) is 0 Å². The maximum atomic E-state index is 12.9. The number of carboxylic acids is 1.